The highest BCUT2D eigenvalue weighted by Crippen LogP contribution is 2.30. The maximum atomic E-state index is 12.4. The highest BCUT2D eigenvalue weighted by molar-refractivity contribution is 5.94. The number of ether oxygens (including phenoxy) is 1. The number of anilines is 1. The summed E-state index contributed by atoms with van der Waals surface area (Å²) in [5.41, 5.74) is 1.10. The summed E-state index contributed by atoms with van der Waals surface area (Å²) >= 11 is 0. The second-order valence-corrected chi connectivity index (χ2v) is 6.92. The van der Waals surface area contributed by atoms with E-state index in [1.165, 1.54) is 7.11 Å². The molecule has 0 heterocycles. The molecule has 2 N–H and O–H groups in total. The Labute approximate surface area is 154 Å². The molecule has 1 fully saturated rings. The van der Waals surface area contributed by atoms with Crippen molar-refractivity contribution in [1.82, 2.24) is 5.32 Å². The van der Waals surface area contributed by atoms with Gasteiger partial charge in [0.15, 0.2) is 0 Å². The molecule has 1 saturated carbocycles. The van der Waals surface area contributed by atoms with Gasteiger partial charge in [-0.05, 0) is 63.3 Å². The van der Waals surface area contributed by atoms with E-state index in [2.05, 4.69) is 15.4 Å². The number of methoxy groups -OCH3 is 1. The maximum absolute atomic E-state index is 12.4. The maximum Gasteiger partial charge on any atom is 0.337 e. The first-order chi connectivity index (χ1) is 12.4. The Morgan fingerprint density at radius 1 is 1.04 bits per heavy atom. The molecule has 1 aromatic carbocycles. The van der Waals surface area contributed by atoms with Crippen LogP contribution in [0.25, 0.3) is 0 Å². The van der Waals surface area contributed by atoms with Crippen LogP contribution in [-0.4, -0.2) is 30.9 Å². The van der Waals surface area contributed by atoms with Crippen molar-refractivity contribution >= 4 is 23.5 Å². The van der Waals surface area contributed by atoms with Crippen LogP contribution in [0.3, 0.4) is 0 Å². The van der Waals surface area contributed by atoms with Crippen molar-refractivity contribution in [3.05, 3.63) is 29.8 Å². The molecule has 0 spiro atoms. The van der Waals surface area contributed by atoms with Crippen LogP contribution in [0, 0.1) is 11.8 Å². The minimum absolute atomic E-state index is 0.00684. The molecule has 2 amide bonds. The molecule has 6 heteroatoms. The highest BCUT2D eigenvalue weighted by Gasteiger charge is 2.30. The molecule has 0 radical (unpaired) electrons. The van der Waals surface area contributed by atoms with Crippen LogP contribution in [0.1, 0.15) is 56.3 Å². The molecule has 0 aromatic heterocycles. The summed E-state index contributed by atoms with van der Waals surface area (Å²) in [6.45, 7) is 4.05. The Morgan fingerprint density at radius 3 is 2.08 bits per heavy atom. The molecule has 142 valence electrons. The largest absolute Gasteiger partial charge is 0.465 e. The lowest BCUT2D eigenvalue weighted by Crippen LogP contribution is -2.39. The number of carbonyl (C=O) groups excluding carboxylic acids is 3. The van der Waals surface area contributed by atoms with E-state index in [0.717, 1.165) is 19.3 Å². The highest BCUT2D eigenvalue weighted by atomic mass is 16.5. The van der Waals surface area contributed by atoms with Gasteiger partial charge in [0.05, 0.1) is 12.7 Å². The van der Waals surface area contributed by atoms with E-state index in [0.29, 0.717) is 24.1 Å². The number of esters is 1. The number of rotatable bonds is 6. The van der Waals surface area contributed by atoms with Gasteiger partial charge in [0.25, 0.3) is 0 Å². The molecule has 0 saturated heterocycles. The van der Waals surface area contributed by atoms with Crippen LogP contribution in [-0.2, 0) is 14.3 Å². The number of hydrogen-bond donors (Lipinski definition) is 2. The van der Waals surface area contributed by atoms with Crippen molar-refractivity contribution in [2.24, 2.45) is 11.8 Å². The third kappa shape index (κ3) is 5.31. The lowest BCUT2D eigenvalue weighted by molar-refractivity contribution is -0.129. The molecule has 6 nitrogen and oxygen atoms in total. The van der Waals surface area contributed by atoms with Gasteiger partial charge in [-0.3, -0.25) is 9.59 Å². The van der Waals surface area contributed by atoms with Crippen molar-refractivity contribution in [1.29, 1.82) is 0 Å². The second-order valence-electron chi connectivity index (χ2n) is 6.92. The van der Waals surface area contributed by atoms with Gasteiger partial charge in [0.2, 0.25) is 11.8 Å². The molecular formula is C20H28N2O4. The van der Waals surface area contributed by atoms with Gasteiger partial charge < -0.3 is 15.4 Å². The molecule has 1 atom stereocenters. The predicted molar refractivity (Wildman–Crippen MR) is 99.8 cm³/mol. The van der Waals surface area contributed by atoms with E-state index in [1.54, 1.807) is 24.3 Å². The van der Waals surface area contributed by atoms with Gasteiger partial charge in [-0.2, -0.15) is 0 Å². The van der Waals surface area contributed by atoms with Crippen LogP contribution in [0.2, 0.25) is 0 Å². The minimum atomic E-state index is -0.406. The van der Waals surface area contributed by atoms with E-state index in [4.69, 9.17) is 0 Å². The van der Waals surface area contributed by atoms with Crippen LogP contribution >= 0.6 is 0 Å². The van der Waals surface area contributed by atoms with Crippen LogP contribution in [0.5, 0.6) is 0 Å². The van der Waals surface area contributed by atoms with E-state index >= 15 is 0 Å². The SMILES string of the molecule is CCC(C)NC(=O)C1CCC(C(=O)Nc2ccc(C(=O)OC)cc2)CC1. The Bertz CT molecular complexity index is 634. The molecule has 0 bridgehead atoms. The summed E-state index contributed by atoms with van der Waals surface area (Å²) < 4.78 is 4.65. The zero-order valence-corrected chi connectivity index (χ0v) is 15.7. The molecule has 0 aliphatic heterocycles. The summed E-state index contributed by atoms with van der Waals surface area (Å²) in [6, 6.07) is 6.82. The van der Waals surface area contributed by atoms with Crippen LogP contribution in [0.15, 0.2) is 24.3 Å². The Hall–Kier alpha value is -2.37. The summed E-state index contributed by atoms with van der Waals surface area (Å²) in [7, 11) is 1.33. The van der Waals surface area contributed by atoms with Crippen molar-refractivity contribution in [2.75, 3.05) is 12.4 Å². The van der Waals surface area contributed by atoms with Crippen molar-refractivity contribution in [3.63, 3.8) is 0 Å². The summed E-state index contributed by atoms with van der Waals surface area (Å²) in [4.78, 5) is 36.1. The van der Waals surface area contributed by atoms with Gasteiger partial charge in [0.1, 0.15) is 0 Å². The van der Waals surface area contributed by atoms with Crippen molar-refractivity contribution in [2.45, 2.75) is 52.0 Å². The summed E-state index contributed by atoms with van der Waals surface area (Å²) in [6.07, 6.45) is 3.82. The quantitative estimate of drug-likeness (QED) is 0.763. The number of nitrogens with one attached hydrogen (secondary N) is 2. The second kappa shape index (κ2) is 9.36. The van der Waals surface area contributed by atoms with Crippen molar-refractivity contribution in [3.8, 4) is 0 Å². The topological polar surface area (TPSA) is 84.5 Å². The number of amides is 2. The lowest BCUT2D eigenvalue weighted by Gasteiger charge is -2.28. The summed E-state index contributed by atoms with van der Waals surface area (Å²) in [5, 5.41) is 5.91. The number of benzene rings is 1. The predicted octanol–water partition coefficient (Wildman–Crippen LogP) is 3.13. The van der Waals surface area contributed by atoms with Gasteiger partial charge in [-0.25, -0.2) is 4.79 Å². The van der Waals surface area contributed by atoms with Gasteiger partial charge in [0, 0.05) is 23.6 Å². The molecule has 1 aliphatic carbocycles. The first kappa shape index (κ1) is 19.9. The Kier molecular flexibility index (Phi) is 7.18. The van der Waals surface area contributed by atoms with E-state index in [-0.39, 0.29) is 29.7 Å². The third-order valence-corrected chi connectivity index (χ3v) is 5.04. The monoisotopic (exact) mass is 360 g/mol. The number of hydrogen-bond acceptors (Lipinski definition) is 4. The van der Waals surface area contributed by atoms with Gasteiger partial charge >= 0.3 is 5.97 Å². The minimum Gasteiger partial charge on any atom is -0.465 e. The molecule has 2 rings (SSSR count). The molecule has 1 aromatic rings. The van der Waals surface area contributed by atoms with Gasteiger partial charge in [-0.15, -0.1) is 0 Å². The Balaban J connectivity index is 1.83. The van der Waals surface area contributed by atoms with E-state index in [9.17, 15) is 14.4 Å². The average Bonchev–Trinajstić information content (AvgIpc) is 2.67. The van der Waals surface area contributed by atoms with E-state index < -0.39 is 5.97 Å². The third-order valence-electron chi connectivity index (χ3n) is 5.04. The van der Waals surface area contributed by atoms with Crippen molar-refractivity contribution < 1.29 is 19.1 Å². The normalized spacial score (nSPS) is 20.7. The fourth-order valence-corrected chi connectivity index (χ4v) is 3.13. The first-order valence-corrected chi connectivity index (χ1v) is 9.24. The van der Waals surface area contributed by atoms with E-state index in [1.807, 2.05) is 13.8 Å². The zero-order chi connectivity index (χ0) is 19.1. The summed E-state index contributed by atoms with van der Waals surface area (Å²) in [5.74, 6) is -0.402. The Morgan fingerprint density at radius 2 is 1.58 bits per heavy atom. The first-order valence-electron chi connectivity index (χ1n) is 9.24. The van der Waals surface area contributed by atoms with Crippen LogP contribution in [0.4, 0.5) is 5.69 Å². The molecule has 26 heavy (non-hydrogen) atoms. The van der Waals surface area contributed by atoms with Gasteiger partial charge in [-0.1, -0.05) is 6.92 Å². The van der Waals surface area contributed by atoms with Crippen LogP contribution < -0.4 is 10.6 Å². The fourth-order valence-electron chi connectivity index (χ4n) is 3.13. The fraction of sp³-hybridized carbons (Fsp3) is 0.550. The zero-order valence-electron chi connectivity index (χ0n) is 15.7. The number of carbonyl (C=O) groups is 3. The average molecular weight is 360 g/mol. The lowest BCUT2D eigenvalue weighted by atomic mass is 9.81. The smallest absolute Gasteiger partial charge is 0.337 e. The molecular weight excluding hydrogens is 332 g/mol. The molecule has 1 aliphatic rings. The standard InChI is InChI=1S/C20H28N2O4/c1-4-13(2)21-18(23)14-5-7-15(8-6-14)19(24)22-17-11-9-16(10-12-17)20(25)26-3/h9-15H,4-8H2,1-3H3,(H,21,23)(H,22,24). The molecule has 1 unspecified atom stereocenters.